The number of nitrogens with zero attached hydrogens (tertiary/aromatic N) is 2. The topological polar surface area (TPSA) is 54.5 Å². The molecule has 1 aromatic heterocycles. The maximum absolute atomic E-state index is 12.2. The zero-order valence-corrected chi connectivity index (χ0v) is 15.4. The number of ether oxygens (including phenoxy) is 1. The fourth-order valence-corrected chi connectivity index (χ4v) is 3.48. The Labute approximate surface area is 155 Å². The van der Waals surface area contributed by atoms with Gasteiger partial charge in [-0.3, -0.25) is 9.78 Å². The van der Waals surface area contributed by atoms with Gasteiger partial charge < -0.3 is 15.0 Å². The lowest BCUT2D eigenvalue weighted by molar-refractivity contribution is -0.129. The highest BCUT2D eigenvalue weighted by molar-refractivity contribution is 5.78. The van der Waals surface area contributed by atoms with Gasteiger partial charge in [0.2, 0.25) is 5.91 Å². The third-order valence-electron chi connectivity index (χ3n) is 4.96. The second-order valence-electron chi connectivity index (χ2n) is 6.70. The average Bonchev–Trinajstić information content (AvgIpc) is 3.04. The Morgan fingerprint density at radius 2 is 2.08 bits per heavy atom. The molecule has 0 saturated carbocycles. The highest BCUT2D eigenvalue weighted by atomic mass is 16.5. The standard InChI is InChI=1S/C21H27N3O2/c1-26-20-4-2-3-18(15-20)16-23-13-9-19-5-6-21(25)24(19)14-10-17-7-11-22-12-8-17/h2-4,7-8,11-12,15,19,23H,5-6,9-10,13-14,16H2,1H3. The molecule has 1 unspecified atom stereocenters. The Balaban J connectivity index is 1.43. The van der Waals surface area contributed by atoms with Gasteiger partial charge >= 0.3 is 0 Å². The summed E-state index contributed by atoms with van der Waals surface area (Å²) in [5.74, 6) is 1.17. The molecule has 1 aliphatic heterocycles. The summed E-state index contributed by atoms with van der Waals surface area (Å²) in [7, 11) is 1.68. The molecule has 1 fully saturated rings. The van der Waals surface area contributed by atoms with Gasteiger partial charge in [0.25, 0.3) is 0 Å². The van der Waals surface area contributed by atoms with Crippen LogP contribution in [0.2, 0.25) is 0 Å². The summed E-state index contributed by atoms with van der Waals surface area (Å²) in [5.41, 5.74) is 2.44. The molecule has 5 heteroatoms. The van der Waals surface area contributed by atoms with Crippen LogP contribution in [0.5, 0.6) is 5.75 Å². The SMILES string of the molecule is COc1cccc(CNCCC2CCC(=O)N2CCc2ccncc2)c1. The predicted octanol–water partition coefficient (Wildman–Crippen LogP) is 2.80. The van der Waals surface area contributed by atoms with Gasteiger partial charge in [0.1, 0.15) is 5.75 Å². The van der Waals surface area contributed by atoms with Crippen LogP contribution in [-0.4, -0.2) is 42.0 Å². The van der Waals surface area contributed by atoms with E-state index in [1.165, 1.54) is 11.1 Å². The number of benzene rings is 1. The number of pyridine rings is 1. The molecule has 0 aliphatic carbocycles. The van der Waals surface area contributed by atoms with Crippen LogP contribution in [0.15, 0.2) is 48.8 Å². The smallest absolute Gasteiger partial charge is 0.222 e. The molecular formula is C21H27N3O2. The summed E-state index contributed by atoms with van der Waals surface area (Å²) in [6.07, 6.45) is 7.14. The van der Waals surface area contributed by atoms with Crippen molar-refractivity contribution in [2.45, 2.75) is 38.3 Å². The van der Waals surface area contributed by atoms with E-state index in [4.69, 9.17) is 4.74 Å². The molecule has 2 aromatic rings. The van der Waals surface area contributed by atoms with Crippen LogP contribution < -0.4 is 10.1 Å². The number of methoxy groups -OCH3 is 1. The van der Waals surface area contributed by atoms with E-state index >= 15 is 0 Å². The van der Waals surface area contributed by atoms with E-state index in [1.807, 2.05) is 30.3 Å². The fraction of sp³-hybridized carbons (Fsp3) is 0.429. The first kappa shape index (κ1) is 18.4. The van der Waals surface area contributed by atoms with Crippen LogP contribution in [0.3, 0.4) is 0 Å². The fourth-order valence-electron chi connectivity index (χ4n) is 3.48. The molecule has 0 radical (unpaired) electrons. The van der Waals surface area contributed by atoms with E-state index in [0.29, 0.717) is 12.5 Å². The number of rotatable bonds is 9. The van der Waals surface area contributed by atoms with Gasteiger partial charge in [0.05, 0.1) is 7.11 Å². The Morgan fingerprint density at radius 3 is 2.88 bits per heavy atom. The number of aromatic nitrogens is 1. The van der Waals surface area contributed by atoms with Gasteiger partial charge in [0, 0.05) is 37.9 Å². The Bertz CT molecular complexity index is 705. The molecule has 5 nitrogen and oxygen atoms in total. The number of amides is 1. The van der Waals surface area contributed by atoms with Crippen molar-refractivity contribution in [1.29, 1.82) is 0 Å². The molecular weight excluding hydrogens is 326 g/mol. The second kappa shape index (κ2) is 9.34. The summed E-state index contributed by atoms with van der Waals surface area (Å²) in [6.45, 7) is 2.51. The molecule has 1 aliphatic rings. The molecule has 1 saturated heterocycles. The first-order valence-corrected chi connectivity index (χ1v) is 9.28. The molecule has 3 rings (SSSR count). The van der Waals surface area contributed by atoms with Crippen molar-refractivity contribution >= 4 is 5.91 Å². The third-order valence-corrected chi connectivity index (χ3v) is 4.96. The quantitative estimate of drug-likeness (QED) is 0.705. The third kappa shape index (κ3) is 5.05. The highest BCUT2D eigenvalue weighted by Crippen LogP contribution is 2.21. The highest BCUT2D eigenvalue weighted by Gasteiger charge is 2.29. The number of carbonyl (C=O) groups is 1. The summed E-state index contributed by atoms with van der Waals surface area (Å²) in [4.78, 5) is 18.3. The van der Waals surface area contributed by atoms with Crippen LogP contribution >= 0.6 is 0 Å². The minimum atomic E-state index is 0.289. The normalized spacial score (nSPS) is 16.9. The largest absolute Gasteiger partial charge is 0.497 e. The van der Waals surface area contributed by atoms with Gasteiger partial charge in [-0.2, -0.15) is 0 Å². The van der Waals surface area contributed by atoms with Gasteiger partial charge in [-0.15, -0.1) is 0 Å². The molecule has 1 atom stereocenters. The minimum absolute atomic E-state index is 0.289. The lowest BCUT2D eigenvalue weighted by Gasteiger charge is -2.25. The van der Waals surface area contributed by atoms with E-state index in [2.05, 4.69) is 21.3 Å². The van der Waals surface area contributed by atoms with Crippen molar-refractivity contribution in [3.63, 3.8) is 0 Å². The van der Waals surface area contributed by atoms with Crippen molar-refractivity contribution in [3.05, 3.63) is 59.9 Å². The zero-order valence-electron chi connectivity index (χ0n) is 15.4. The maximum Gasteiger partial charge on any atom is 0.222 e. The van der Waals surface area contributed by atoms with Crippen molar-refractivity contribution in [2.75, 3.05) is 20.2 Å². The lowest BCUT2D eigenvalue weighted by Crippen LogP contribution is -2.36. The second-order valence-corrected chi connectivity index (χ2v) is 6.70. The monoisotopic (exact) mass is 353 g/mol. The zero-order chi connectivity index (χ0) is 18.2. The molecule has 2 heterocycles. The van der Waals surface area contributed by atoms with Gasteiger partial charge in [0.15, 0.2) is 0 Å². The van der Waals surface area contributed by atoms with E-state index in [1.54, 1.807) is 19.5 Å². The summed E-state index contributed by atoms with van der Waals surface area (Å²) >= 11 is 0. The summed E-state index contributed by atoms with van der Waals surface area (Å²) < 4.78 is 5.26. The van der Waals surface area contributed by atoms with Crippen molar-refractivity contribution in [2.24, 2.45) is 0 Å². The maximum atomic E-state index is 12.2. The predicted molar refractivity (Wildman–Crippen MR) is 102 cm³/mol. The van der Waals surface area contributed by atoms with Crippen LogP contribution in [0, 0.1) is 0 Å². The molecule has 26 heavy (non-hydrogen) atoms. The average molecular weight is 353 g/mol. The molecule has 1 N–H and O–H groups in total. The molecule has 0 bridgehead atoms. The summed E-state index contributed by atoms with van der Waals surface area (Å²) in [6, 6.07) is 12.5. The van der Waals surface area contributed by atoms with E-state index in [9.17, 15) is 4.79 Å². The first-order valence-electron chi connectivity index (χ1n) is 9.28. The number of likely N-dealkylation sites (tertiary alicyclic amines) is 1. The summed E-state index contributed by atoms with van der Waals surface area (Å²) in [5, 5.41) is 3.49. The number of nitrogens with one attached hydrogen (secondary N) is 1. The minimum Gasteiger partial charge on any atom is -0.497 e. The van der Waals surface area contributed by atoms with Crippen molar-refractivity contribution in [1.82, 2.24) is 15.2 Å². The number of carbonyl (C=O) groups excluding carboxylic acids is 1. The van der Waals surface area contributed by atoms with Crippen molar-refractivity contribution < 1.29 is 9.53 Å². The van der Waals surface area contributed by atoms with Crippen molar-refractivity contribution in [3.8, 4) is 5.75 Å². The van der Waals surface area contributed by atoms with Crippen LogP contribution in [-0.2, 0) is 17.8 Å². The Morgan fingerprint density at radius 1 is 1.23 bits per heavy atom. The number of hydrogen-bond donors (Lipinski definition) is 1. The molecule has 1 aromatic carbocycles. The number of hydrogen-bond acceptors (Lipinski definition) is 4. The van der Waals surface area contributed by atoms with Gasteiger partial charge in [-0.1, -0.05) is 12.1 Å². The molecule has 0 spiro atoms. The van der Waals surface area contributed by atoms with Crippen LogP contribution in [0.4, 0.5) is 0 Å². The lowest BCUT2D eigenvalue weighted by atomic mass is 10.1. The van der Waals surface area contributed by atoms with Crippen LogP contribution in [0.1, 0.15) is 30.4 Å². The van der Waals surface area contributed by atoms with Gasteiger partial charge in [-0.25, -0.2) is 0 Å². The van der Waals surface area contributed by atoms with Crippen LogP contribution in [0.25, 0.3) is 0 Å². The molecule has 138 valence electrons. The van der Waals surface area contributed by atoms with E-state index in [-0.39, 0.29) is 5.91 Å². The Hall–Kier alpha value is -2.40. The van der Waals surface area contributed by atoms with E-state index < -0.39 is 0 Å². The molecule has 1 amide bonds. The van der Waals surface area contributed by atoms with E-state index in [0.717, 1.165) is 44.6 Å². The van der Waals surface area contributed by atoms with Gasteiger partial charge in [-0.05, 0) is 61.2 Å². The first-order chi connectivity index (χ1) is 12.8. The Kier molecular flexibility index (Phi) is 6.61.